The van der Waals surface area contributed by atoms with Crippen LogP contribution in [0.3, 0.4) is 0 Å². The van der Waals surface area contributed by atoms with Gasteiger partial charge in [-0.15, -0.1) is 0 Å². The SMILES string of the molecule is CC1SCCC1(O)Cc1ccccc1Cl. The summed E-state index contributed by atoms with van der Waals surface area (Å²) in [5, 5.41) is 11.5. The summed E-state index contributed by atoms with van der Waals surface area (Å²) in [7, 11) is 0. The molecular weight excluding hydrogens is 228 g/mol. The second-order valence-electron chi connectivity index (χ2n) is 4.13. The number of hydrogen-bond donors (Lipinski definition) is 1. The minimum Gasteiger partial charge on any atom is -0.388 e. The number of rotatable bonds is 2. The molecule has 1 aliphatic heterocycles. The van der Waals surface area contributed by atoms with Crippen LogP contribution in [0.5, 0.6) is 0 Å². The van der Waals surface area contributed by atoms with Crippen LogP contribution in [0.1, 0.15) is 18.9 Å². The molecule has 1 heterocycles. The molecule has 2 atom stereocenters. The monoisotopic (exact) mass is 242 g/mol. The zero-order chi connectivity index (χ0) is 10.9. The van der Waals surface area contributed by atoms with Gasteiger partial charge in [-0.25, -0.2) is 0 Å². The van der Waals surface area contributed by atoms with Crippen LogP contribution in [0, 0.1) is 0 Å². The lowest BCUT2D eigenvalue weighted by atomic mass is 9.89. The van der Waals surface area contributed by atoms with Crippen molar-refractivity contribution in [3.8, 4) is 0 Å². The highest BCUT2D eigenvalue weighted by atomic mass is 35.5. The fraction of sp³-hybridized carbons (Fsp3) is 0.500. The molecule has 0 aromatic heterocycles. The van der Waals surface area contributed by atoms with Crippen LogP contribution < -0.4 is 0 Å². The standard InChI is InChI=1S/C12H15ClOS/c1-9-12(14,6-7-15-9)8-10-4-2-3-5-11(10)13/h2-5,9,14H,6-8H2,1H3. The number of hydrogen-bond acceptors (Lipinski definition) is 2. The number of halogens is 1. The van der Waals surface area contributed by atoms with E-state index in [0.29, 0.717) is 11.7 Å². The Labute approximate surface area is 99.8 Å². The molecule has 0 bridgehead atoms. The first-order valence-corrected chi connectivity index (χ1v) is 6.62. The van der Waals surface area contributed by atoms with Crippen LogP contribution in [0.4, 0.5) is 0 Å². The van der Waals surface area contributed by atoms with E-state index in [1.165, 1.54) is 0 Å². The summed E-state index contributed by atoms with van der Waals surface area (Å²) in [5.41, 5.74) is 0.478. The van der Waals surface area contributed by atoms with E-state index in [9.17, 15) is 5.11 Å². The molecule has 1 saturated heterocycles. The Kier molecular flexibility index (Phi) is 3.29. The maximum Gasteiger partial charge on any atom is 0.0811 e. The predicted molar refractivity (Wildman–Crippen MR) is 66.6 cm³/mol. The van der Waals surface area contributed by atoms with Gasteiger partial charge in [0, 0.05) is 16.7 Å². The molecule has 0 saturated carbocycles. The third-order valence-electron chi connectivity index (χ3n) is 3.11. The summed E-state index contributed by atoms with van der Waals surface area (Å²) < 4.78 is 0. The Morgan fingerprint density at radius 3 is 2.87 bits per heavy atom. The predicted octanol–water partition coefficient (Wildman–Crippen LogP) is 3.14. The molecule has 0 radical (unpaired) electrons. The van der Waals surface area contributed by atoms with Crippen molar-refractivity contribution in [1.82, 2.24) is 0 Å². The molecule has 15 heavy (non-hydrogen) atoms. The summed E-state index contributed by atoms with van der Waals surface area (Å²) in [5.74, 6) is 1.04. The van der Waals surface area contributed by atoms with Gasteiger partial charge in [0.25, 0.3) is 0 Å². The largest absolute Gasteiger partial charge is 0.388 e. The van der Waals surface area contributed by atoms with Gasteiger partial charge in [-0.05, 0) is 23.8 Å². The Hall–Kier alpha value is -0.180. The molecule has 1 aromatic rings. The lowest BCUT2D eigenvalue weighted by Gasteiger charge is -2.27. The van der Waals surface area contributed by atoms with E-state index in [4.69, 9.17) is 11.6 Å². The third kappa shape index (κ3) is 2.32. The van der Waals surface area contributed by atoms with Gasteiger partial charge in [0.2, 0.25) is 0 Å². The number of thioether (sulfide) groups is 1. The normalized spacial score (nSPS) is 30.7. The first-order chi connectivity index (χ1) is 7.12. The molecular formula is C12H15ClOS. The average Bonchev–Trinajstić information content (AvgIpc) is 2.51. The minimum absolute atomic E-state index is 0.300. The van der Waals surface area contributed by atoms with E-state index in [0.717, 1.165) is 22.8 Å². The molecule has 1 N–H and O–H groups in total. The van der Waals surface area contributed by atoms with E-state index < -0.39 is 5.60 Å². The molecule has 0 spiro atoms. The molecule has 2 rings (SSSR count). The van der Waals surface area contributed by atoms with Crippen LogP contribution in [0.15, 0.2) is 24.3 Å². The van der Waals surface area contributed by atoms with Crippen LogP contribution in [0.25, 0.3) is 0 Å². The highest BCUT2D eigenvalue weighted by molar-refractivity contribution is 8.00. The van der Waals surface area contributed by atoms with Crippen molar-refractivity contribution >= 4 is 23.4 Å². The summed E-state index contributed by atoms with van der Waals surface area (Å²) >= 11 is 7.93. The highest BCUT2D eigenvalue weighted by Crippen LogP contribution is 2.38. The number of aliphatic hydroxyl groups is 1. The Balaban J connectivity index is 2.18. The van der Waals surface area contributed by atoms with Gasteiger partial charge in [-0.3, -0.25) is 0 Å². The minimum atomic E-state index is -0.574. The Morgan fingerprint density at radius 2 is 2.27 bits per heavy atom. The molecule has 3 heteroatoms. The molecule has 0 aliphatic carbocycles. The van der Waals surface area contributed by atoms with Crippen molar-refractivity contribution in [2.24, 2.45) is 0 Å². The van der Waals surface area contributed by atoms with Crippen LogP contribution in [0.2, 0.25) is 5.02 Å². The van der Waals surface area contributed by atoms with E-state index in [1.807, 2.05) is 36.0 Å². The van der Waals surface area contributed by atoms with E-state index >= 15 is 0 Å². The van der Waals surface area contributed by atoms with Gasteiger partial charge in [0.1, 0.15) is 0 Å². The van der Waals surface area contributed by atoms with Gasteiger partial charge in [0.15, 0.2) is 0 Å². The second kappa shape index (κ2) is 4.36. The first-order valence-electron chi connectivity index (χ1n) is 5.19. The summed E-state index contributed by atoms with van der Waals surface area (Å²) in [6.07, 6.45) is 1.53. The summed E-state index contributed by atoms with van der Waals surface area (Å²) in [6.45, 7) is 2.09. The van der Waals surface area contributed by atoms with Crippen LogP contribution in [-0.2, 0) is 6.42 Å². The van der Waals surface area contributed by atoms with E-state index in [-0.39, 0.29) is 0 Å². The molecule has 1 aromatic carbocycles. The Bertz CT molecular complexity index is 355. The fourth-order valence-corrected chi connectivity index (χ4v) is 3.51. The summed E-state index contributed by atoms with van der Waals surface area (Å²) in [4.78, 5) is 0. The van der Waals surface area contributed by atoms with E-state index in [1.54, 1.807) is 0 Å². The molecule has 1 fully saturated rings. The molecule has 1 nitrogen and oxygen atoms in total. The van der Waals surface area contributed by atoms with Crippen molar-refractivity contribution < 1.29 is 5.11 Å². The first kappa shape index (κ1) is 11.3. The number of benzene rings is 1. The van der Waals surface area contributed by atoms with Crippen molar-refractivity contribution in [3.63, 3.8) is 0 Å². The van der Waals surface area contributed by atoms with Crippen molar-refractivity contribution in [2.75, 3.05) is 5.75 Å². The molecule has 82 valence electrons. The van der Waals surface area contributed by atoms with Gasteiger partial charge in [0.05, 0.1) is 5.60 Å². The van der Waals surface area contributed by atoms with Gasteiger partial charge < -0.3 is 5.11 Å². The zero-order valence-corrected chi connectivity index (χ0v) is 10.3. The van der Waals surface area contributed by atoms with Crippen molar-refractivity contribution in [1.29, 1.82) is 0 Å². The maximum atomic E-state index is 10.5. The quantitative estimate of drug-likeness (QED) is 0.860. The van der Waals surface area contributed by atoms with Gasteiger partial charge in [-0.2, -0.15) is 11.8 Å². The lowest BCUT2D eigenvalue weighted by molar-refractivity contribution is 0.0465. The third-order valence-corrected chi connectivity index (χ3v) is 4.86. The van der Waals surface area contributed by atoms with Gasteiger partial charge in [-0.1, -0.05) is 36.7 Å². The average molecular weight is 243 g/mol. The van der Waals surface area contributed by atoms with Crippen molar-refractivity contribution in [2.45, 2.75) is 30.6 Å². The van der Waals surface area contributed by atoms with Crippen molar-refractivity contribution in [3.05, 3.63) is 34.9 Å². The maximum absolute atomic E-state index is 10.5. The highest BCUT2D eigenvalue weighted by Gasteiger charge is 2.39. The van der Waals surface area contributed by atoms with Crippen LogP contribution >= 0.6 is 23.4 Å². The second-order valence-corrected chi connectivity index (χ2v) is 5.99. The van der Waals surface area contributed by atoms with E-state index in [2.05, 4.69) is 6.92 Å². The molecule has 0 amide bonds. The topological polar surface area (TPSA) is 20.2 Å². The molecule has 1 aliphatic rings. The Morgan fingerprint density at radius 1 is 1.53 bits per heavy atom. The zero-order valence-electron chi connectivity index (χ0n) is 8.74. The fourth-order valence-electron chi connectivity index (χ4n) is 1.97. The van der Waals surface area contributed by atoms with Crippen LogP contribution in [-0.4, -0.2) is 21.7 Å². The van der Waals surface area contributed by atoms with Gasteiger partial charge >= 0.3 is 0 Å². The smallest absolute Gasteiger partial charge is 0.0811 e. The summed E-state index contributed by atoms with van der Waals surface area (Å²) in [6, 6.07) is 7.77. The lowest BCUT2D eigenvalue weighted by Crippen LogP contribution is -2.37. The molecule has 2 unspecified atom stereocenters.